The molecule has 0 amide bonds. The molecular weight excluding hydrogens is 256 g/mol. The van der Waals surface area contributed by atoms with E-state index in [1.165, 1.54) is 12.2 Å². The summed E-state index contributed by atoms with van der Waals surface area (Å²) in [6.07, 6.45) is 1.24. The van der Waals surface area contributed by atoms with Crippen molar-refractivity contribution in [2.75, 3.05) is 37.7 Å². The molecule has 1 heterocycles. The molecule has 1 aliphatic rings. The van der Waals surface area contributed by atoms with Gasteiger partial charge in [-0.3, -0.25) is 4.90 Å². The van der Waals surface area contributed by atoms with E-state index in [-0.39, 0.29) is 0 Å². The Kier molecular flexibility index (Phi) is 4.99. The smallest absolute Gasteiger partial charge is 0.142 e. The van der Waals surface area contributed by atoms with Crippen molar-refractivity contribution in [3.8, 4) is 5.75 Å². The Morgan fingerprint density at radius 2 is 2.11 bits per heavy atom. The molecule has 2 N–H and O–H groups in total. The van der Waals surface area contributed by atoms with Gasteiger partial charge in [0.15, 0.2) is 0 Å². The fraction of sp³-hybridized carbons (Fsp3) is 0.600. The highest BCUT2D eigenvalue weighted by molar-refractivity contribution is 8.00. The average molecular weight is 280 g/mol. The third-order valence-corrected chi connectivity index (χ3v) is 4.89. The van der Waals surface area contributed by atoms with Crippen molar-refractivity contribution in [2.24, 2.45) is 0 Å². The zero-order valence-electron chi connectivity index (χ0n) is 11.9. The lowest BCUT2D eigenvalue weighted by Gasteiger charge is -2.22. The number of ether oxygens (including phenoxy) is 1. The lowest BCUT2D eigenvalue weighted by Crippen LogP contribution is -2.31. The summed E-state index contributed by atoms with van der Waals surface area (Å²) in [5.41, 5.74) is 6.58. The number of hydrogen-bond donors (Lipinski definition) is 1. The molecule has 19 heavy (non-hydrogen) atoms. The second kappa shape index (κ2) is 6.53. The standard InChI is InChI=1S/C15H24N2OS/c1-15(2)7-8-17(10-12-19-15)9-11-18-14-6-4-3-5-13(14)16/h3-6H,7-12,16H2,1-2H3. The first kappa shape index (κ1) is 14.5. The number of nitrogen functional groups attached to an aromatic ring is 1. The van der Waals surface area contributed by atoms with E-state index in [0.717, 1.165) is 31.1 Å². The highest BCUT2D eigenvalue weighted by Gasteiger charge is 2.23. The molecule has 1 aliphatic heterocycles. The normalized spacial score (nSPS) is 19.9. The van der Waals surface area contributed by atoms with Crippen molar-refractivity contribution in [2.45, 2.75) is 25.0 Å². The van der Waals surface area contributed by atoms with Crippen LogP contribution >= 0.6 is 11.8 Å². The first-order valence-corrected chi connectivity index (χ1v) is 7.89. The highest BCUT2D eigenvalue weighted by atomic mass is 32.2. The van der Waals surface area contributed by atoms with Gasteiger partial charge in [-0.2, -0.15) is 11.8 Å². The summed E-state index contributed by atoms with van der Waals surface area (Å²) in [6, 6.07) is 7.68. The van der Waals surface area contributed by atoms with Gasteiger partial charge in [-0.05, 0) is 25.1 Å². The Labute approximate surface area is 120 Å². The Morgan fingerprint density at radius 1 is 1.32 bits per heavy atom. The van der Waals surface area contributed by atoms with Crippen LogP contribution in [0.15, 0.2) is 24.3 Å². The number of anilines is 1. The molecular formula is C15H24N2OS. The second-order valence-electron chi connectivity index (χ2n) is 5.59. The molecule has 3 nitrogen and oxygen atoms in total. The van der Waals surface area contributed by atoms with Gasteiger partial charge in [-0.1, -0.05) is 26.0 Å². The number of nitrogens with zero attached hydrogens (tertiary/aromatic N) is 1. The summed E-state index contributed by atoms with van der Waals surface area (Å²) in [5.74, 6) is 2.01. The van der Waals surface area contributed by atoms with E-state index in [1.54, 1.807) is 0 Å². The molecule has 1 aromatic carbocycles. The number of nitrogens with two attached hydrogens (primary N) is 1. The molecule has 4 heteroatoms. The van der Waals surface area contributed by atoms with Crippen molar-refractivity contribution in [1.82, 2.24) is 4.90 Å². The van der Waals surface area contributed by atoms with E-state index in [0.29, 0.717) is 11.4 Å². The van der Waals surface area contributed by atoms with Crippen LogP contribution in [0, 0.1) is 0 Å². The lowest BCUT2D eigenvalue weighted by molar-refractivity contribution is 0.215. The molecule has 0 atom stereocenters. The maximum absolute atomic E-state index is 5.86. The predicted octanol–water partition coefficient (Wildman–Crippen LogP) is 2.87. The van der Waals surface area contributed by atoms with Crippen LogP contribution in [0.4, 0.5) is 5.69 Å². The van der Waals surface area contributed by atoms with Gasteiger partial charge in [-0.15, -0.1) is 0 Å². The van der Waals surface area contributed by atoms with Gasteiger partial charge in [-0.25, -0.2) is 0 Å². The molecule has 1 saturated heterocycles. The van der Waals surface area contributed by atoms with Crippen molar-refractivity contribution in [3.05, 3.63) is 24.3 Å². The molecule has 1 fully saturated rings. The van der Waals surface area contributed by atoms with Gasteiger partial charge in [0.1, 0.15) is 12.4 Å². The maximum Gasteiger partial charge on any atom is 0.142 e. The summed E-state index contributed by atoms with van der Waals surface area (Å²) >= 11 is 2.07. The molecule has 0 aromatic heterocycles. The SMILES string of the molecule is CC1(C)CCN(CCOc2ccccc2N)CCS1. The van der Waals surface area contributed by atoms with E-state index in [2.05, 4.69) is 30.5 Å². The molecule has 0 unspecified atom stereocenters. The van der Waals surface area contributed by atoms with Crippen LogP contribution < -0.4 is 10.5 Å². The highest BCUT2D eigenvalue weighted by Crippen LogP contribution is 2.30. The Balaban J connectivity index is 1.75. The van der Waals surface area contributed by atoms with Crippen LogP contribution in [-0.4, -0.2) is 41.6 Å². The zero-order chi connectivity index (χ0) is 13.7. The van der Waals surface area contributed by atoms with E-state index in [1.807, 2.05) is 24.3 Å². The van der Waals surface area contributed by atoms with Crippen LogP contribution in [0.3, 0.4) is 0 Å². The number of hydrogen-bond acceptors (Lipinski definition) is 4. The first-order chi connectivity index (χ1) is 9.07. The van der Waals surface area contributed by atoms with Crippen LogP contribution in [0.1, 0.15) is 20.3 Å². The monoisotopic (exact) mass is 280 g/mol. The van der Waals surface area contributed by atoms with Gasteiger partial charge < -0.3 is 10.5 Å². The number of thioether (sulfide) groups is 1. The van der Waals surface area contributed by atoms with Gasteiger partial charge in [0, 0.05) is 23.6 Å². The second-order valence-corrected chi connectivity index (χ2v) is 7.39. The van der Waals surface area contributed by atoms with Gasteiger partial charge >= 0.3 is 0 Å². The maximum atomic E-state index is 5.86. The molecule has 0 saturated carbocycles. The van der Waals surface area contributed by atoms with Gasteiger partial charge in [0.2, 0.25) is 0 Å². The van der Waals surface area contributed by atoms with E-state index in [4.69, 9.17) is 10.5 Å². The van der Waals surface area contributed by atoms with Crippen LogP contribution in [0.2, 0.25) is 0 Å². The molecule has 1 aromatic rings. The average Bonchev–Trinajstić information content (AvgIpc) is 2.53. The molecule has 106 valence electrons. The molecule has 0 bridgehead atoms. The minimum Gasteiger partial charge on any atom is -0.490 e. The summed E-state index contributed by atoms with van der Waals surface area (Å²) in [4.78, 5) is 2.49. The summed E-state index contributed by atoms with van der Waals surface area (Å²) in [5, 5.41) is 0. The van der Waals surface area contributed by atoms with Crippen molar-refractivity contribution >= 4 is 17.4 Å². The van der Waals surface area contributed by atoms with E-state index >= 15 is 0 Å². The third kappa shape index (κ3) is 4.62. The number of para-hydroxylation sites is 2. The Hall–Kier alpha value is -0.870. The van der Waals surface area contributed by atoms with E-state index in [9.17, 15) is 0 Å². The molecule has 0 spiro atoms. The van der Waals surface area contributed by atoms with Crippen molar-refractivity contribution in [1.29, 1.82) is 0 Å². The first-order valence-electron chi connectivity index (χ1n) is 6.90. The molecule has 0 aliphatic carbocycles. The summed E-state index contributed by atoms with van der Waals surface area (Å²) in [6.45, 7) is 8.67. The minimum atomic E-state index is 0.416. The number of rotatable bonds is 4. The quantitative estimate of drug-likeness (QED) is 0.861. The summed E-state index contributed by atoms with van der Waals surface area (Å²) < 4.78 is 6.17. The fourth-order valence-electron chi connectivity index (χ4n) is 2.18. The summed E-state index contributed by atoms with van der Waals surface area (Å²) in [7, 11) is 0. The van der Waals surface area contributed by atoms with Crippen molar-refractivity contribution < 1.29 is 4.74 Å². The third-order valence-electron chi connectivity index (χ3n) is 3.51. The minimum absolute atomic E-state index is 0.416. The van der Waals surface area contributed by atoms with Crippen LogP contribution in [-0.2, 0) is 0 Å². The van der Waals surface area contributed by atoms with E-state index < -0.39 is 0 Å². The molecule has 2 rings (SSSR count). The number of benzene rings is 1. The van der Waals surface area contributed by atoms with Crippen LogP contribution in [0.25, 0.3) is 0 Å². The predicted molar refractivity (Wildman–Crippen MR) is 83.9 cm³/mol. The van der Waals surface area contributed by atoms with Gasteiger partial charge in [0.05, 0.1) is 5.69 Å². The zero-order valence-corrected chi connectivity index (χ0v) is 12.7. The molecule has 0 radical (unpaired) electrons. The Bertz CT molecular complexity index is 409. The topological polar surface area (TPSA) is 38.5 Å². The van der Waals surface area contributed by atoms with Crippen LogP contribution in [0.5, 0.6) is 5.75 Å². The lowest BCUT2D eigenvalue weighted by atomic mass is 10.1. The largest absolute Gasteiger partial charge is 0.490 e. The van der Waals surface area contributed by atoms with Crippen molar-refractivity contribution in [3.63, 3.8) is 0 Å². The van der Waals surface area contributed by atoms with Gasteiger partial charge in [0.25, 0.3) is 0 Å². The fourth-order valence-corrected chi connectivity index (χ4v) is 3.32. The Morgan fingerprint density at radius 3 is 2.89 bits per heavy atom.